The van der Waals surface area contributed by atoms with Crippen molar-refractivity contribution in [3.8, 4) is 0 Å². The van der Waals surface area contributed by atoms with Gasteiger partial charge in [-0.05, 0) is 72.8 Å². The Morgan fingerprint density at radius 3 is 2.48 bits per heavy atom. The number of thiazole rings is 1. The van der Waals surface area contributed by atoms with E-state index >= 15 is 0 Å². The highest BCUT2D eigenvalue weighted by atomic mass is 32.2. The third kappa shape index (κ3) is 7.91. The Morgan fingerprint density at radius 1 is 1.12 bits per heavy atom. The fourth-order valence-corrected chi connectivity index (χ4v) is 5.86. The molecule has 4 rings (SSSR count). The minimum atomic E-state index is -0.861. The summed E-state index contributed by atoms with van der Waals surface area (Å²) in [6, 6.07) is -0.861. The summed E-state index contributed by atoms with van der Waals surface area (Å²) in [7, 11) is 0. The smallest absolute Gasteiger partial charge is 0.413 e. The van der Waals surface area contributed by atoms with E-state index in [-0.39, 0.29) is 10.8 Å². The monoisotopic (exact) mass is 620 g/mol. The van der Waals surface area contributed by atoms with Crippen LogP contribution in [0, 0.1) is 11.3 Å². The summed E-state index contributed by atoms with van der Waals surface area (Å²) in [5, 5.41) is 6.83. The lowest BCUT2D eigenvalue weighted by Crippen LogP contribution is -2.70. The van der Waals surface area contributed by atoms with Crippen LogP contribution in [0.25, 0.3) is 5.57 Å². The number of allylic oxidation sites excluding steroid dienone is 1. The molecule has 0 aromatic carbocycles. The second-order valence-corrected chi connectivity index (χ2v) is 14.2. The molecule has 1 aromatic rings. The molecule has 2 fully saturated rings. The van der Waals surface area contributed by atoms with Gasteiger partial charge in [0.1, 0.15) is 22.7 Å². The van der Waals surface area contributed by atoms with Crippen LogP contribution >= 0.6 is 23.1 Å². The highest BCUT2D eigenvalue weighted by Crippen LogP contribution is 2.39. The van der Waals surface area contributed by atoms with Gasteiger partial charge in [0.15, 0.2) is 5.13 Å². The first-order valence-electron chi connectivity index (χ1n) is 13.6. The average molecular weight is 621 g/mol. The van der Waals surface area contributed by atoms with Gasteiger partial charge in [0, 0.05) is 11.1 Å². The Kier molecular flexibility index (Phi) is 9.36. The molecule has 42 heavy (non-hydrogen) atoms. The number of β-lactam (4-membered cyclic amide) rings is 1. The van der Waals surface area contributed by atoms with Crippen molar-refractivity contribution in [2.75, 3.05) is 17.9 Å². The largest absolute Gasteiger partial charge is 0.444 e. The molecule has 0 radical (unpaired) electrons. The van der Waals surface area contributed by atoms with E-state index in [0.717, 1.165) is 24.2 Å². The number of thioether (sulfide) groups is 1. The molecule has 2 N–H and O–H groups in total. The summed E-state index contributed by atoms with van der Waals surface area (Å²) in [6.07, 6.45) is 5.60. The van der Waals surface area contributed by atoms with Crippen LogP contribution in [-0.4, -0.2) is 69.3 Å². The van der Waals surface area contributed by atoms with Gasteiger partial charge in [0.2, 0.25) is 6.79 Å². The van der Waals surface area contributed by atoms with E-state index in [2.05, 4.69) is 15.6 Å². The molecule has 3 amide bonds. The molecule has 3 aliphatic rings. The fraction of sp³-hybridized carbons (Fsp3) is 0.571. The maximum Gasteiger partial charge on any atom is 0.413 e. The summed E-state index contributed by atoms with van der Waals surface area (Å²) in [4.78, 5) is 69.0. The second kappa shape index (κ2) is 12.5. The maximum absolute atomic E-state index is 13.5. The normalized spacial score (nSPS) is 20.5. The molecular formula is C28H36N4O8S2. The van der Waals surface area contributed by atoms with Gasteiger partial charge in [-0.3, -0.25) is 24.6 Å². The number of hydrogen-bond acceptors (Lipinski definition) is 11. The number of fused-ring (bicyclic) bond motifs is 1. The standard InChI is InChI=1S/C28H36N4O8S2/c1-27(2,3)24(36)39-14-38-23(35)18-11-12-41-22-19(21(34)32(18)22)30-20(33)16(10-9-15-7-8-15)17-13-42-25(29-17)31-26(37)40-28(4,5)6/h10-11,13,15,19,22H,7-9,12,14H2,1-6H3,(H,30,33)(H,29,31,37)/b16-10-. The van der Waals surface area contributed by atoms with Crippen molar-refractivity contribution in [2.24, 2.45) is 11.3 Å². The van der Waals surface area contributed by atoms with E-state index in [9.17, 15) is 24.0 Å². The molecular weight excluding hydrogens is 584 g/mol. The van der Waals surface area contributed by atoms with Crippen molar-refractivity contribution in [3.05, 3.63) is 28.9 Å². The number of nitrogens with zero attached hydrogens (tertiary/aromatic N) is 2. The number of nitrogens with one attached hydrogen (secondary N) is 2. The van der Waals surface area contributed by atoms with Gasteiger partial charge in [-0.2, -0.15) is 0 Å². The van der Waals surface area contributed by atoms with Crippen LogP contribution in [0.15, 0.2) is 23.2 Å². The number of carbonyl (C=O) groups excluding carboxylic acids is 5. The molecule has 1 aliphatic carbocycles. The Morgan fingerprint density at radius 2 is 1.83 bits per heavy atom. The molecule has 0 bridgehead atoms. The van der Waals surface area contributed by atoms with Crippen molar-refractivity contribution in [3.63, 3.8) is 0 Å². The van der Waals surface area contributed by atoms with Gasteiger partial charge < -0.3 is 19.5 Å². The summed E-state index contributed by atoms with van der Waals surface area (Å²) >= 11 is 2.55. The Balaban J connectivity index is 1.39. The van der Waals surface area contributed by atoms with Crippen molar-refractivity contribution in [1.29, 1.82) is 0 Å². The third-order valence-corrected chi connectivity index (χ3v) is 8.26. The van der Waals surface area contributed by atoms with Crippen molar-refractivity contribution >= 4 is 63.6 Å². The van der Waals surface area contributed by atoms with E-state index in [1.165, 1.54) is 16.7 Å². The van der Waals surface area contributed by atoms with Gasteiger partial charge >= 0.3 is 18.0 Å². The van der Waals surface area contributed by atoms with Crippen LogP contribution in [0.1, 0.15) is 66.5 Å². The lowest BCUT2D eigenvalue weighted by molar-refractivity contribution is -0.173. The Hall–Kier alpha value is -3.39. The quantitative estimate of drug-likeness (QED) is 0.179. The van der Waals surface area contributed by atoms with E-state index in [0.29, 0.717) is 29.4 Å². The van der Waals surface area contributed by atoms with Gasteiger partial charge in [-0.1, -0.05) is 6.08 Å². The molecule has 1 aromatic heterocycles. The number of rotatable bonds is 9. The minimum absolute atomic E-state index is 0.0444. The van der Waals surface area contributed by atoms with Gasteiger partial charge in [0.25, 0.3) is 11.8 Å². The summed E-state index contributed by atoms with van der Waals surface area (Å²) in [5.41, 5.74) is -0.707. The van der Waals surface area contributed by atoms with Crippen molar-refractivity contribution < 1.29 is 38.2 Å². The van der Waals surface area contributed by atoms with Crippen LogP contribution in [0.2, 0.25) is 0 Å². The molecule has 3 heterocycles. The highest BCUT2D eigenvalue weighted by molar-refractivity contribution is 8.00. The minimum Gasteiger partial charge on any atom is -0.444 e. The second-order valence-electron chi connectivity index (χ2n) is 12.2. The van der Waals surface area contributed by atoms with E-state index in [1.807, 2.05) is 6.08 Å². The molecule has 2 unspecified atom stereocenters. The SMILES string of the molecule is CC(C)(C)OC(=O)Nc1nc(/C(=C/CC2CC2)C(=O)NC2C(=O)N3C(C(=O)OCOC(=O)C(C)(C)C)=CCSC23)cs1. The zero-order valence-electron chi connectivity index (χ0n) is 24.5. The number of aromatic nitrogens is 1. The predicted molar refractivity (Wildman–Crippen MR) is 157 cm³/mol. The zero-order chi connectivity index (χ0) is 30.8. The first-order chi connectivity index (χ1) is 19.6. The number of ether oxygens (including phenoxy) is 3. The Labute approximate surface area is 252 Å². The fourth-order valence-electron chi connectivity index (χ4n) is 3.97. The number of hydrogen-bond donors (Lipinski definition) is 2. The lowest BCUT2D eigenvalue weighted by atomic mass is 9.98. The highest BCUT2D eigenvalue weighted by Gasteiger charge is 2.53. The number of amides is 3. The average Bonchev–Trinajstić information content (AvgIpc) is 3.61. The topological polar surface area (TPSA) is 153 Å². The molecule has 1 saturated carbocycles. The Bertz CT molecular complexity index is 1320. The molecule has 1 saturated heterocycles. The zero-order valence-corrected chi connectivity index (χ0v) is 26.1. The molecule has 12 nitrogen and oxygen atoms in total. The van der Waals surface area contributed by atoms with Crippen molar-refractivity contribution in [2.45, 2.75) is 77.8 Å². The summed E-state index contributed by atoms with van der Waals surface area (Å²) < 4.78 is 15.3. The molecule has 2 aliphatic heterocycles. The van der Waals surface area contributed by atoms with Crippen LogP contribution in [0.5, 0.6) is 0 Å². The van der Waals surface area contributed by atoms with E-state index in [1.54, 1.807) is 53.0 Å². The predicted octanol–water partition coefficient (Wildman–Crippen LogP) is 4.05. The van der Waals surface area contributed by atoms with Crippen LogP contribution < -0.4 is 10.6 Å². The van der Waals surface area contributed by atoms with Crippen LogP contribution in [0.4, 0.5) is 9.93 Å². The molecule has 228 valence electrons. The number of anilines is 1. The van der Waals surface area contributed by atoms with Gasteiger partial charge in [-0.25, -0.2) is 14.6 Å². The maximum atomic E-state index is 13.5. The van der Waals surface area contributed by atoms with Gasteiger partial charge in [0.05, 0.1) is 16.7 Å². The molecule has 0 spiro atoms. The third-order valence-electron chi connectivity index (χ3n) is 6.32. The van der Waals surface area contributed by atoms with Gasteiger partial charge in [-0.15, -0.1) is 23.1 Å². The number of carbonyl (C=O) groups is 5. The first kappa shape index (κ1) is 31.5. The number of esters is 2. The van der Waals surface area contributed by atoms with Crippen molar-refractivity contribution in [1.82, 2.24) is 15.2 Å². The first-order valence-corrected chi connectivity index (χ1v) is 15.5. The summed E-state index contributed by atoms with van der Waals surface area (Å²) in [6.45, 7) is 9.72. The van der Waals surface area contributed by atoms with Crippen LogP contribution in [0.3, 0.4) is 0 Å². The summed E-state index contributed by atoms with van der Waals surface area (Å²) in [5.74, 6) is -1.33. The molecule has 14 heteroatoms. The van der Waals surface area contributed by atoms with Crippen LogP contribution in [-0.2, 0) is 33.4 Å². The van der Waals surface area contributed by atoms with E-state index in [4.69, 9.17) is 14.2 Å². The lowest BCUT2D eigenvalue weighted by Gasteiger charge is -2.48. The molecule has 2 atom stereocenters. The van der Waals surface area contributed by atoms with E-state index < -0.39 is 59.1 Å².